The first-order chi connectivity index (χ1) is 11.6. The molecule has 2 aromatic heterocycles. The van der Waals surface area contributed by atoms with Crippen LogP contribution in [0.4, 0.5) is 0 Å². The molecule has 0 atom stereocenters. The number of carbonyl (C=O) groups is 1. The predicted octanol–water partition coefficient (Wildman–Crippen LogP) is 2.57. The summed E-state index contributed by atoms with van der Waals surface area (Å²) in [4.78, 5) is 29.3. The van der Waals surface area contributed by atoms with Crippen LogP contribution in [0.2, 0.25) is 0 Å². The summed E-state index contributed by atoms with van der Waals surface area (Å²) < 4.78 is 5.28. The van der Waals surface area contributed by atoms with E-state index in [1.165, 1.54) is 0 Å². The van der Waals surface area contributed by atoms with Gasteiger partial charge in [-0.25, -0.2) is 0 Å². The van der Waals surface area contributed by atoms with E-state index in [1.807, 2.05) is 11.8 Å². The van der Waals surface area contributed by atoms with Gasteiger partial charge in [-0.1, -0.05) is 5.16 Å². The van der Waals surface area contributed by atoms with Crippen molar-refractivity contribution in [1.82, 2.24) is 15.0 Å². The maximum absolute atomic E-state index is 12.6. The number of nitrogens with zero attached hydrogens (tertiary/aromatic N) is 2. The van der Waals surface area contributed by atoms with Gasteiger partial charge in [-0.15, -0.1) is 0 Å². The minimum Gasteiger partial charge on any atom is -0.362 e. The molecule has 24 heavy (non-hydrogen) atoms. The summed E-state index contributed by atoms with van der Waals surface area (Å²) in [5.41, 5.74) is 2.31. The number of likely N-dealkylation sites (tertiary alicyclic amines) is 1. The van der Waals surface area contributed by atoms with Gasteiger partial charge in [-0.05, 0) is 32.6 Å². The third-order valence-corrected chi connectivity index (χ3v) is 4.95. The van der Waals surface area contributed by atoms with Crippen molar-refractivity contribution in [3.8, 4) is 0 Å². The summed E-state index contributed by atoms with van der Waals surface area (Å²) in [5.74, 6) is 1.54. The number of aromatic amines is 1. The number of carbonyl (C=O) groups excluding carboxylic acids is 1. The topological polar surface area (TPSA) is 79.2 Å². The summed E-state index contributed by atoms with van der Waals surface area (Å²) in [6.07, 6.45) is 3.95. The normalized spacial score (nSPS) is 18.8. The molecular formula is C18H21N3O3. The van der Waals surface area contributed by atoms with Gasteiger partial charge in [0.1, 0.15) is 5.76 Å². The highest BCUT2D eigenvalue weighted by Crippen LogP contribution is 2.40. The van der Waals surface area contributed by atoms with Crippen LogP contribution >= 0.6 is 0 Å². The van der Waals surface area contributed by atoms with E-state index in [9.17, 15) is 9.59 Å². The van der Waals surface area contributed by atoms with E-state index < -0.39 is 0 Å². The van der Waals surface area contributed by atoms with Crippen molar-refractivity contribution in [3.63, 3.8) is 0 Å². The standard InChI is InChI=1S/C18H21N3O3/c1-11-8-14(22)9-15(19-11)12-4-6-21(7-5-12)18(23)16-10-17(24-20-16)13-2-3-13/h8-10,12-13H,2-7H2,1H3,(H,19,22). The molecular weight excluding hydrogens is 306 g/mol. The van der Waals surface area contributed by atoms with Gasteiger partial charge in [-0.3, -0.25) is 9.59 Å². The first-order valence-electron chi connectivity index (χ1n) is 8.57. The quantitative estimate of drug-likeness (QED) is 0.939. The number of H-pyrrole nitrogens is 1. The third-order valence-electron chi connectivity index (χ3n) is 4.95. The predicted molar refractivity (Wildman–Crippen MR) is 88.2 cm³/mol. The van der Waals surface area contributed by atoms with E-state index in [0.29, 0.717) is 30.6 Å². The zero-order valence-electron chi connectivity index (χ0n) is 13.7. The molecule has 2 fully saturated rings. The third kappa shape index (κ3) is 3.00. The first-order valence-corrected chi connectivity index (χ1v) is 8.57. The fourth-order valence-electron chi connectivity index (χ4n) is 3.43. The lowest BCUT2D eigenvalue weighted by Gasteiger charge is -2.31. The first kappa shape index (κ1) is 15.2. The van der Waals surface area contributed by atoms with Crippen molar-refractivity contribution >= 4 is 5.91 Å². The van der Waals surface area contributed by atoms with Crippen LogP contribution < -0.4 is 5.43 Å². The van der Waals surface area contributed by atoms with Crippen molar-refractivity contribution in [2.24, 2.45) is 0 Å². The highest BCUT2D eigenvalue weighted by atomic mass is 16.5. The molecule has 0 radical (unpaired) electrons. The van der Waals surface area contributed by atoms with Gasteiger partial charge < -0.3 is 14.4 Å². The molecule has 1 saturated heterocycles. The van der Waals surface area contributed by atoms with E-state index >= 15 is 0 Å². The molecule has 1 N–H and O–H groups in total. The number of aryl methyl sites for hydroxylation is 1. The number of aromatic nitrogens is 2. The fraction of sp³-hybridized carbons (Fsp3) is 0.500. The highest BCUT2D eigenvalue weighted by molar-refractivity contribution is 5.92. The zero-order valence-corrected chi connectivity index (χ0v) is 13.7. The Morgan fingerprint density at radius 2 is 1.92 bits per heavy atom. The van der Waals surface area contributed by atoms with Crippen molar-refractivity contribution in [2.75, 3.05) is 13.1 Å². The zero-order chi connectivity index (χ0) is 16.7. The number of hydrogen-bond donors (Lipinski definition) is 1. The number of pyridine rings is 1. The van der Waals surface area contributed by atoms with Gasteiger partial charge in [0.05, 0.1) is 0 Å². The molecule has 3 heterocycles. The van der Waals surface area contributed by atoms with Crippen LogP contribution in [0.25, 0.3) is 0 Å². The number of piperidine rings is 1. The van der Waals surface area contributed by atoms with Crippen molar-refractivity contribution < 1.29 is 9.32 Å². The Hall–Kier alpha value is -2.37. The number of rotatable bonds is 3. The van der Waals surface area contributed by atoms with Crippen LogP contribution in [-0.2, 0) is 0 Å². The molecule has 1 aliphatic heterocycles. The van der Waals surface area contributed by atoms with Crippen LogP contribution in [0.3, 0.4) is 0 Å². The largest absolute Gasteiger partial charge is 0.362 e. The molecule has 1 saturated carbocycles. The molecule has 4 rings (SSSR count). The van der Waals surface area contributed by atoms with Gasteiger partial charge in [0.25, 0.3) is 5.91 Å². The molecule has 0 bridgehead atoms. The fourth-order valence-corrected chi connectivity index (χ4v) is 3.43. The van der Waals surface area contributed by atoms with E-state index in [0.717, 1.165) is 42.8 Å². The van der Waals surface area contributed by atoms with Crippen LogP contribution in [0.1, 0.15) is 65.2 Å². The molecule has 126 valence electrons. The smallest absolute Gasteiger partial charge is 0.276 e. The Balaban J connectivity index is 1.41. The maximum Gasteiger partial charge on any atom is 0.276 e. The lowest BCUT2D eigenvalue weighted by molar-refractivity contribution is 0.0701. The Morgan fingerprint density at radius 3 is 2.58 bits per heavy atom. The maximum atomic E-state index is 12.6. The van der Waals surface area contributed by atoms with Gasteiger partial charge in [0.2, 0.25) is 0 Å². The number of hydrogen-bond acceptors (Lipinski definition) is 4. The Morgan fingerprint density at radius 1 is 1.17 bits per heavy atom. The summed E-state index contributed by atoms with van der Waals surface area (Å²) >= 11 is 0. The van der Waals surface area contributed by atoms with E-state index in [-0.39, 0.29) is 11.3 Å². The van der Waals surface area contributed by atoms with Crippen molar-refractivity contribution in [1.29, 1.82) is 0 Å². The Kier molecular flexibility index (Phi) is 3.75. The van der Waals surface area contributed by atoms with Crippen LogP contribution in [-0.4, -0.2) is 34.0 Å². The molecule has 0 aromatic carbocycles. The van der Waals surface area contributed by atoms with Gasteiger partial charge in [-0.2, -0.15) is 0 Å². The summed E-state index contributed by atoms with van der Waals surface area (Å²) in [6, 6.07) is 5.07. The SMILES string of the molecule is Cc1cc(=O)cc(C2CCN(C(=O)c3cc(C4CC4)on3)CC2)[nH]1. The number of amides is 1. The molecule has 2 aliphatic rings. The molecule has 0 unspecified atom stereocenters. The summed E-state index contributed by atoms with van der Waals surface area (Å²) in [5, 5.41) is 3.94. The van der Waals surface area contributed by atoms with Crippen LogP contribution in [0.15, 0.2) is 27.5 Å². The van der Waals surface area contributed by atoms with Crippen molar-refractivity contribution in [2.45, 2.75) is 44.4 Å². The lowest BCUT2D eigenvalue weighted by atomic mass is 9.92. The molecule has 1 amide bonds. The minimum atomic E-state index is -0.0539. The molecule has 6 nitrogen and oxygen atoms in total. The average Bonchev–Trinajstić information content (AvgIpc) is 3.31. The molecule has 2 aromatic rings. The number of nitrogens with one attached hydrogen (secondary N) is 1. The summed E-state index contributed by atoms with van der Waals surface area (Å²) in [6.45, 7) is 3.24. The highest BCUT2D eigenvalue weighted by Gasteiger charge is 2.31. The Labute approximate surface area is 139 Å². The minimum absolute atomic E-state index is 0.0370. The second-order valence-electron chi connectivity index (χ2n) is 6.91. The van der Waals surface area contributed by atoms with E-state index in [2.05, 4.69) is 10.1 Å². The van der Waals surface area contributed by atoms with Crippen LogP contribution in [0, 0.1) is 6.92 Å². The van der Waals surface area contributed by atoms with E-state index in [1.54, 1.807) is 18.2 Å². The molecule has 6 heteroatoms. The molecule has 1 aliphatic carbocycles. The van der Waals surface area contributed by atoms with Gasteiger partial charge >= 0.3 is 0 Å². The lowest BCUT2D eigenvalue weighted by Crippen LogP contribution is -2.38. The molecule has 0 spiro atoms. The second kappa shape index (κ2) is 5.92. The van der Waals surface area contributed by atoms with Crippen molar-refractivity contribution in [3.05, 3.63) is 51.3 Å². The monoisotopic (exact) mass is 327 g/mol. The van der Waals surface area contributed by atoms with Gasteiger partial charge in [0, 0.05) is 54.5 Å². The second-order valence-corrected chi connectivity index (χ2v) is 6.91. The Bertz CT molecular complexity index is 811. The summed E-state index contributed by atoms with van der Waals surface area (Å²) in [7, 11) is 0. The average molecular weight is 327 g/mol. The van der Waals surface area contributed by atoms with Gasteiger partial charge in [0.15, 0.2) is 11.1 Å². The van der Waals surface area contributed by atoms with E-state index in [4.69, 9.17) is 4.52 Å². The van der Waals surface area contributed by atoms with Crippen LogP contribution in [0.5, 0.6) is 0 Å².